The zero-order valence-electron chi connectivity index (χ0n) is 11.1. The molecule has 4 heteroatoms. The number of ether oxygens (including phenoxy) is 1. The molecule has 0 saturated heterocycles. The number of hydrogen-bond acceptors (Lipinski definition) is 4. The van der Waals surface area contributed by atoms with Crippen molar-refractivity contribution in [3.8, 4) is 11.8 Å². The first-order valence-electron chi connectivity index (χ1n) is 6.18. The van der Waals surface area contributed by atoms with Crippen molar-refractivity contribution in [2.75, 3.05) is 32.5 Å². The van der Waals surface area contributed by atoms with Crippen LogP contribution in [0.5, 0.6) is 5.75 Å². The van der Waals surface area contributed by atoms with Crippen molar-refractivity contribution < 1.29 is 4.74 Å². The van der Waals surface area contributed by atoms with Crippen molar-refractivity contribution >= 4 is 5.69 Å². The summed E-state index contributed by atoms with van der Waals surface area (Å²) < 4.78 is 5.60. The molecule has 18 heavy (non-hydrogen) atoms. The second-order valence-corrected chi connectivity index (χ2v) is 4.56. The predicted octanol–water partition coefficient (Wildman–Crippen LogP) is 2.13. The monoisotopic (exact) mass is 247 g/mol. The lowest BCUT2D eigenvalue weighted by molar-refractivity contribution is 0.254. The van der Waals surface area contributed by atoms with Crippen LogP contribution in [0.3, 0.4) is 0 Å². The maximum absolute atomic E-state index is 8.71. The van der Waals surface area contributed by atoms with Gasteiger partial charge < -0.3 is 15.4 Å². The molecule has 2 N–H and O–H groups in total. The van der Waals surface area contributed by atoms with E-state index in [9.17, 15) is 0 Å². The molecular weight excluding hydrogens is 226 g/mol. The molecule has 0 radical (unpaired) electrons. The normalized spacial score (nSPS) is 12.1. The van der Waals surface area contributed by atoms with Gasteiger partial charge in [0.15, 0.2) is 0 Å². The SMILES string of the molecule is CC(C#N)CN(C)CCCOc1ccc(N)cc1. The summed E-state index contributed by atoms with van der Waals surface area (Å²) in [6.45, 7) is 4.34. The molecule has 0 aliphatic heterocycles. The van der Waals surface area contributed by atoms with Gasteiger partial charge >= 0.3 is 0 Å². The maximum atomic E-state index is 8.71. The van der Waals surface area contributed by atoms with Crippen molar-refractivity contribution in [2.45, 2.75) is 13.3 Å². The molecule has 98 valence electrons. The quantitative estimate of drug-likeness (QED) is 0.592. The molecule has 0 aliphatic rings. The molecule has 4 nitrogen and oxygen atoms in total. The molecule has 1 atom stereocenters. The van der Waals surface area contributed by atoms with Crippen molar-refractivity contribution in [2.24, 2.45) is 5.92 Å². The Kier molecular flexibility index (Phi) is 6.03. The van der Waals surface area contributed by atoms with Crippen LogP contribution in [-0.2, 0) is 0 Å². The minimum Gasteiger partial charge on any atom is -0.494 e. The number of rotatable bonds is 7. The topological polar surface area (TPSA) is 62.3 Å². The lowest BCUT2D eigenvalue weighted by Gasteiger charge is -2.17. The fraction of sp³-hybridized carbons (Fsp3) is 0.500. The zero-order chi connectivity index (χ0) is 13.4. The van der Waals surface area contributed by atoms with Gasteiger partial charge in [-0.25, -0.2) is 0 Å². The summed E-state index contributed by atoms with van der Waals surface area (Å²) in [5.41, 5.74) is 6.34. The van der Waals surface area contributed by atoms with E-state index in [4.69, 9.17) is 15.7 Å². The van der Waals surface area contributed by atoms with Gasteiger partial charge in [0.2, 0.25) is 0 Å². The van der Waals surface area contributed by atoms with Crippen molar-refractivity contribution in [1.29, 1.82) is 5.26 Å². The van der Waals surface area contributed by atoms with E-state index in [1.165, 1.54) is 0 Å². The summed E-state index contributed by atoms with van der Waals surface area (Å²) >= 11 is 0. The Labute approximate surface area is 109 Å². The van der Waals surface area contributed by atoms with E-state index in [0.29, 0.717) is 6.61 Å². The Morgan fingerprint density at radius 1 is 1.39 bits per heavy atom. The Morgan fingerprint density at radius 3 is 2.67 bits per heavy atom. The summed E-state index contributed by atoms with van der Waals surface area (Å²) in [5.74, 6) is 0.922. The van der Waals surface area contributed by atoms with E-state index in [1.54, 1.807) is 0 Å². The zero-order valence-corrected chi connectivity index (χ0v) is 11.1. The Bertz CT molecular complexity index is 383. The van der Waals surface area contributed by atoms with E-state index in [1.807, 2.05) is 38.2 Å². The summed E-state index contributed by atoms with van der Waals surface area (Å²) in [6.07, 6.45) is 0.943. The second-order valence-electron chi connectivity index (χ2n) is 4.56. The fourth-order valence-electron chi connectivity index (χ4n) is 1.69. The van der Waals surface area contributed by atoms with Crippen LogP contribution in [0.1, 0.15) is 13.3 Å². The third-order valence-corrected chi connectivity index (χ3v) is 2.64. The number of anilines is 1. The number of nitriles is 1. The van der Waals surface area contributed by atoms with Crippen molar-refractivity contribution in [3.63, 3.8) is 0 Å². The summed E-state index contributed by atoms with van der Waals surface area (Å²) in [6, 6.07) is 9.64. The lowest BCUT2D eigenvalue weighted by atomic mass is 10.2. The second kappa shape index (κ2) is 7.57. The molecule has 0 heterocycles. The molecule has 0 aliphatic carbocycles. The van der Waals surface area contributed by atoms with E-state index in [-0.39, 0.29) is 5.92 Å². The molecule has 1 rings (SSSR count). The molecule has 1 aromatic carbocycles. The van der Waals surface area contributed by atoms with E-state index < -0.39 is 0 Å². The Hall–Kier alpha value is -1.73. The van der Waals surface area contributed by atoms with Gasteiger partial charge in [-0.3, -0.25) is 0 Å². The van der Waals surface area contributed by atoms with E-state index in [2.05, 4.69) is 11.0 Å². The summed E-state index contributed by atoms with van der Waals surface area (Å²) in [7, 11) is 2.02. The summed E-state index contributed by atoms with van der Waals surface area (Å²) in [5, 5.41) is 8.71. The van der Waals surface area contributed by atoms with Crippen LogP contribution in [0.25, 0.3) is 0 Å². The smallest absolute Gasteiger partial charge is 0.119 e. The molecular formula is C14H21N3O. The third-order valence-electron chi connectivity index (χ3n) is 2.64. The first kappa shape index (κ1) is 14.3. The fourth-order valence-corrected chi connectivity index (χ4v) is 1.69. The van der Waals surface area contributed by atoms with Crippen LogP contribution in [0, 0.1) is 17.2 Å². The standard InChI is InChI=1S/C14H21N3O/c1-12(10-15)11-17(2)8-3-9-18-14-6-4-13(16)5-7-14/h4-7,12H,3,8-9,11,16H2,1-2H3. The Morgan fingerprint density at radius 2 is 2.06 bits per heavy atom. The van der Waals surface area contributed by atoms with Gasteiger partial charge in [0, 0.05) is 18.8 Å². The van der Waals surface area contributed by atoms with Crippen molar-refractivity contribution in [1.82, 2.24) is 4.90 Å². The number of hydrogen-bond donors (Lipinski definition) is 1. The molecule has 0 spiro atoms. The van der Waals surface area contributed by atoms with Crippen LogP contribution in [-0.4, -0.2) is 31.6 Å². The molecule has 0 fully saturated rings. The lowest BCUT2D eigenvalue weighted by Crippen LogP contribution is -2.25. The maximum Gasteiger partial charge on any atom is 0.119 e. The van der Waals surface area contributed by atoms with Gasteiger partial charge in [-0.15, -0.1) is 0 Å². The van der Waals surface area contributed by atoms with Gasteiger partial charge in [0.25, 0.3) is 0 Å². The van der Waals surface area contributed by atoms with Gasteiger partial charge in [-0.05, 0) is 44.7 Å². The van der Waals surface area contributed by atoms with Crippen LogP contribution >= 0.6 is 0 Å². The third kappa shape index (κ3) is 5.55. The minimum absolute atomic E-state index is 0.0769. The minimum atomic E-state index is 0.0769. The van der Waals surface area contributed by atoms with Crippen molar-refractivity contribution in [3.05, 3.63) is 24.3 Å². The van der Waals surface area contributed by atoms with Crippen LogP contribution < -0.4 is 10.5 Å². The highest BCUT2D eigenvalue weighted by Crippen LogP contribution is 2.13. The average Bonchev–Trinajstić information content (AvgIpc) is 2.36. The van der Waals surface area contributed by atoms with Gasteiger partial charge in [-0.2, -0.15) is 5.26 Å². The highest BCUT2D eigenvalue weighted by Gasteiger charge is 2.04. The van der Waals surface area contributed by atoms with Gasteiger partial charge in [0.1, 0.15) is 5.75 Å². The molecule has 0 aromatic heterocycles. The first-order chi connectivity index (χ1) is 8.61. The molecule has 1 unspecified atom stereocenters. The van der Waals surface area contributed by atoms with Crippen LogP contribution in [0.15, 0.2) is 24.3 Å². The average molecular weight is 247 g/mol. The first-order valence-corrected chi connectivity index (χ1v) is 6.18. The highest BCUT2D eigenvalue weighted by molar-refractivity contribution is 5.41. The van der Waals surface area contributed by atoms with E-state index >= 15 is 0 Å². The number of nitrogens with two attached hydrogens (primary N) is 1. The highest BCUT2D eigenvalue weighted by atomic mass is 16.5. The molecule has 1 aromatic rings. The number of nitrogen functional groups attached to an aromatic ring is 1. The van der Waals surface area contributed by atoms with E-state index in [0.717, 1.165) is 30.9 Å². The predicted molar refractivity (Wildman–Crippen MR) is 73.2 cm³/mol. The molecule has 0 bridgehead atoms. The van der Waals surface area contributed by atoms with Crippen LogP contribution in [0.2, 0.25) is 0 Å². The summed E-state index contributed by atoms with van der Waals surface area (Å²) in [4.78, 5) is 2.15. The number of nitrogens with zero attached hydrogens (tertiary/aromatic N) is 2. The molecule has 0 amide bonds. The van der Waals surface area contributed by atoms with Gasteiger partial charge in [0.05, 0.1) is 18.6 Å². The number of benzene rings is 1. The van der Waals surface area contributed by atoms with Crippen LogP contribution in [0.4, 0.5) is 5.69 Å². The molecule has 0 saturated carbocycles. The Balaban J connectivity index is 2.15. The van der Waals surface area contributed by atoms with Gasteiger partial charge in [-0.1, -0.05) is 0 Å². The largest absolute Gasteiger partial charge is 0.494 e.